The Labute approximate surface area is 205 Å². The maximum absolute atomic E-state index is 14.8. The van der Waals surface area contributed by atoms with E-state index in [9.17, 15) is 14.0 Å². The first kappa shape index (κ1) is 23.4. The molecule has 3 amide bonds. The number of amides is 3. The molecule has 0 aliphatic carbocycles. The summed E-state index contributed by atoms with van der Waals surface area (Å²) in [6.07, 6.45) is 0. The summed E-state index contributed by atoms with van der Waals surface area (Å²) >= 11 is 3.35. The minimum absolute atomic E-state index is 0.0280. The van der Waals surface area contributed by atoms with Crippen LogP contribution in [0.2, 0.25) is 0 Å². The molecule has 0 aromatic heterocycles. The van der Waals surface area contributed by atoms with Crippen LogP contribution < -0.4 is 16.0 Å². The number of nitrogens with two attached hydrogens (primary N) is 1. The van der Waals surface area contributed by atoms with Gasteiger partial charge in [0.05, 0.1) is 6.54 Å². The van der Waals surface area contributed by atoms with Gasteiger partial charge in [0.2, 0.25) is 0 Å². The molecule has 1 atom stereocenters. The van der Waals surface area contributed by atoms with Gasteiger partial charge in [-0.05, 0) is 54.6 Å². The Balaban J connectivity index is 1.67. The van der Waals surface area contributed by atoms with Gasteiger partial charge in [-0.3, -0.25) is 14.7 Å². The van der Waals surface area contributed by atoms with Crippen molar-refractivity contribution in [3.8, 4) is 0 Å². The summed E-state index contributed by atoms with van der Waals surface area (Å²) in [4.78, 5) is 33.6. The zero-order valence-corrected chi connectivity index (χ0v) is 20.0. The molecular weight excluding hydrogens is 501 g/mol. The fourth-order valence-electron chi connectivity index (χ4n) is 3.86. The van der Waals surface area contributed by atoms with E-state index >= 15 is 0 Å². The molecular formula is C25H23BrFN5O2. The molecule has 0 spiro atoms. The van der Waals surface area contributed by atoms with Crippen molar-refractivity contribution in [2.75, 3.05) is 30.4 Å². The predicted molar refractivity (Wildman–Crippen MR) is 134 cm³/mol. The van der Waals surface area contributed by atoms with E-state index in [1.807, 2.05) is 19.2 Å². The Morgan fingerprint density at radius 2 is 1.76 bits per heavy atom. The van der Waals surface area contributed by atoms with Crippen molar-refractivity contribution in [2.45, 2.75) is 6.04 Å². The van der Waals surface area contributed by atoms with E-state index in [0.717, 1.165) is 33.9 Å². The second-order valence-electron chi connectivity index (χ2n) is 7.80. The number of nitrogens with one attached hydrogen (secondary N) is 1. The minimum Gasteiger partial charge on any atom is -0.358 e. The first-order valence-electron chi connectivity index (χ1n) is 10.6. The summed E-state index contributed by atoms with van der Waals surface area (Å²) in [7, 11) is 1.97. The molecule has 0 fully saturated rings. The van der Waals surface area contributed by atoms with Crippen LogP contribution in [0, 0.1) is 5.82 Å². The molecule has 0 radical (unpaired) electrons. The average molecular weight is 524 g/mol. The highest BCUT2D eigenvalue weighted by Crippen LogP contribution is 2.31. The molecule has 1 aliphatic rings. The Kier molecular flexibility index (Phi) is 6.93. The van der Waals surface area contributed by atoms with Gasteiger partial charge in [-0.1, -0.05) is 34.1 Å². The van der Waals surface area contributed by atoms with E-state index in [1.165, 1.54) is 18.2 Å². The summed E-state index contributed by atoms with van der Waals surface area (Å²) in [5.41, 5.74) is 7.49. The number of amidine groups is 1. The molecule has 0 saturated heterocycles. The maximum atomic E-state index is 14.8. The van der Waals surface area contributed by atoms with Gasteiger partial charge < -0.3 is 16.0 Å². The zero-order valence-electron chi connectivity index (χ0n) is 18.4. The number of hydrogen-bond donors (Lipinski definition) is 2. The Morgan fingerprint density at radius 1 is 1.09 bits per heavy atom. The highest BCUT2D eigenvalue weighted by Gasteiger charge is 2.33. The molecule has 0 saturated carbocycles. The normalized spacial score (nSPS) is 13.9. The van der Waals surface area contributed by atoms with E-state index < -0.39 is 23.8 Å². The van der Waals surface area contributed by atoms with Crippen molar-refractivity contribution < 1.29 is 14.0 Å². The standard InChI is InChI=1S/C25H23BrFN5O2/c1-31-15-14-29-23(31)16-6-10-18(11-7-16)30-24(33)22(20-4-2-3-5-21(20)27)32(25(28)34)19-12-8-17(26)9-13-19/h2-13,22H,14-15H2,1H3,(H2,28,34)(H,30,33). The van der Waals surface area contributed by atoms with Crippen LogP contribution in [-0.4, -0.2) is 42.8 Å². The maximum Gasteiger partial charge on any atom is 0.320 e. The number of carbonyl (C=O) groups excluding carboxylic acids is 2. The molecule has 1 unspecified atom stereocenters. The first-order valence-corrected chi connectivity index (χ1v) is 11.4. The number of anilines is 2. The minimum atomic E-state index is -1.33. The summed E-state index contributed by atoms with van der Waals surface area (Å²) in [5, 5.41) is 2.80. The van der Waals surface area contributed by atoms with Gasteiger partial charge >= 0.3 is 6.03 Å². The van der Waals surface area contributed by atoms with Crippen molar-refractivity contribution in [3.05, 3.63) is 94.2 Å². The van der Waals surface area contributed by atoms with E-state index in [0.29, 0.717) is 11.4 Å². The van der Waals surface area contributed by atoms with Gasteiger partial charge in [0.1, 0.15) is 17.7 Å². The third-order valence-corrected chi connectivity index (χ3v) is 6.05. The van der Waals surface area contributed by atoms with E-state index in [-0.39, 0.29) is 5.56 Å². The summed E-state index contributed by atoms with van der Waals surface area (Å²) in [6, 6.07) is 17.5. The Morgan fingerprint density at radius 3 is 2.35 bits per heavy atom. The largest absolute Gasteiger partial charge is 0.358 e. The Hall–Kier alpha value is -3.72. The highest BCUT2D eigenvalue weighted by atomic mass is 79.9. The second kappa shape index (κ2) is 10.0. The molecule has 9 heteroatoms. The number of carbonyl (C=O) groups is 2. The van der Waals surface area contributed by atoms with Crippen LogP contribution in [-0.2, 0) is 4.79 Å². The molecule has 1 aliphatic heterocycles. The predicted octanol–water partition coefficient (Wildman–Crippen LogP) is 4.55. The van der Waals surface area contributed by atoms with Crippen LogP contribution in [0.3, 0.4) is 0 Å². The molecule has 1 heterocycles. The molecule has 3 aromatic carbocycles. The van der Waals surface area contributed by atoms with Crippen molar-refractivity contribution in [1.29, 1.82) is 0 Å². The van der Waals surface area contributed by atoms with Crippen LogP contribution >= 0.6 is 15.9 Å². The third kappa shape index (κ3) is 4.94. The van der Waals surface area contributed by atoms with Crippen molar-refractivity contribution in [1.82, 2.24) is 4.90 Å². The Bertz CT molecular complexity index is 1230. The fourth-order valence-corrected chi connectivity index (χ4v) is 4.12. The number of likely N-dealkylation sites (N-methyl/N-ethyl adjacent to an activating group) is 1. The SMILES string of the molecule is CN1CCN=C1c1ccc(NC(=O)C(c2ccccc2F)N(C(N)=O)c2ccc(Br)cc2)cc1. The number of urea groups is 1. The molecule has 34 heavy (non-hydrogen) atoms. The van der Waals surface area contributed by atoms with Gasteiger partial charge in [-0.15, -0.1) is 0 Å². The molecule has 7 nitrogen and oxygen atoms in total. The molecule has 3 aromatic rings. The zero-order chi connectivity index (χ0) is 24.2. The van der Waals surface area contributed by atoms with E-state index in [4.69, 9.17) is 5.73 Å². The van der Waals surface area contributed by atoms with Crippen molar-refractivity contribution >= 4 is 45.1 Å². The fraction of sp³-hybridized carbons (Fsp3) is 0.160. The smallest absolute Gasteiger partial charge is 0.320 e. The molecule has 3 N–H and O–H groups in total. The third-order valence-electron chi connectivity index (χ3n) is 5.52. The lowest BCUT2D eigenvalue weighted by molar-refractivity contribution is -0.117. The number of hydrogen-bond acceptors (Lipinski definition) is 4. The van der Waals surface area contributed by atoms with Crippen LogP contribution in [0.25, 0.3) is 0 Å². The quantitative estimate of drug-likeness (QED) is 0.496. The number of primary amides is 1. The van der Waals surface area contributed by atoms with Crippen LogP contribution in [0.4, 0.5) is 20.6 Å². The monoisotopic (exact) mass is 523 g/mol. The molecule has 0 bridgehead atoms. The number of halogens is 2. The number of nitrogens with zero attached hydrogens (tertiary/aromatic N) is 3. The summed E-state index contributed by atoms with van der Waals surface area (Å²) < 4.78 is 15.6. The van der Waals surface area contributed by atoms with Crippen molar-refractivity contribution in [3.63, 3.8) is 0 Å². The molecule has 4 rings (SSSR count). The van der Waals surface area contributed by atoms with Gasteiger partial charge in [0, 0.05) is 40.6 Å². The lowest BCUT2D eigenvalue weighted by Gasteiger charge is -2.30. The van der Waals surface area contributed by atoms with E-state index in [2.05, 4.69) is 31.1 Å². The average Bonchev–Trinajstić information content (AvgIpc) is 3.25. The number of aliphatic imine (C=N–C) groups is 1. The summed E-state index contributed by atoms with van der Waals surface area (Å²) in [6.45, 7) is 1.60. The van der Waals surface area contributed by atoms with Crippen LogP contribution in [0.1, 0.15) is 17.2 Å². The lowest BCUT2D eigenvalue weighted by Crippen LogP contribution is -2.44. The highest BCUT2D eigenvalue weighted by molar-refractivity contribution is 9.10. The van der Waals surface area contributed by atoms with Crippen molar-refractivity contribution in [2.24, 2.45) is 10.7 Å². The number of benzene rings is 3. The van der Waals surface area contributed by atoms with E-state index in [1.54, 1.807) is 42.5 Å². The van der Waals surface area contributed by atoms with Gasteiger partial charge in [-0.2, -0.15) is 0 Å². The van der Waals surface area contributed by atoms with Gasteiger partial charge in [0.25, 0.3) is 5.91 Å². The van der Waals surface area contributed by atoms with Gasteiger partial charge in [-0.25, -0.2) is 9.18 Å². The summed E-state index contributed by atoms with van der Waals surface area (Å²) in [5.74, 6) is -0.337. The molecule has 174 valence electrons. The van der Waals surface area contributed by atoms with Crippen LogP contribution in [0.15, 0.2) is 82.3 Å². The van der Waals surface area contributed by atoms with Crippen LogP contribution in [0.5, 0.6) is 0 Å². The second-order valence-corrected chi connectivity index (χ2v) is 8.72. The number of rotatable bonds is 6. The lowest BCUT2D eigenvalue weighted by atomic mass is 10.0. The topological polar surface area (TPSA) is 91.0 Å². The first-order chi connectivity index (χ1) is 16.3. The van der Waals surface area contributed by atoms with Gasteiger partial charge in [0.15, 0.2) is 0 Å².